The number of carbonyl (C=O) groups excluding carboxylic acids is 1. The van der Waals surface area contributed by atoms with Gasteiger partial charge in [0, 0.05) is 42.6 Å². The van der Waals surface area contributed by atoms with Crippen LogP contribution in [0.15, 0.2) is 24.4 Å². The first-order valence-electron chi connectivity index (χ1n) is 9.39. The highest BCUT2D eigenvalue weighted by Gasteiger charge is 2.36. The maximum Gasteiger partial charge on any atom is 0.552 e. The molecule has 2 aromatic heterocycles. The van der Waals surface area contributed by atoms with E-state index in [1.54, 1.807) is 12.2 Å². The normalized spacial score (nSPS) is 22.8. The third-order valence-corrected chi connectivity index (χ3v) is 5.58. The summed E-state index contributed by atoms with van der Waals surface area (Å²) in [5.41, 5.74) is 2.85. The van der Waals surface area contributed by atoms with Crippen molar-refractivity contribution in [3.63, 3.8) is 0 Å². The van der Waals surface area contributed by atoms with E-state index in [2.05, 4.69) is 16.9 Å². The van der Waals surface area contributed by atoms with Crippen LogP contribution in [-0.2, 0) is 4.79 Å². The van der Waals surface area contributed by atoms with Crippen LogP contribution in [0.1, 0.15) is 38.7 Å². The first-order valence-corrected chi connectivity index (χ1v) is 9.39. The molecule has 0 bridgehead atoms. The van der Waals surface area contributed by atoms with Crippen LogP contribution in [-0.4, -0.2) is 46.0 Å². The van der Waals surface area contributed by atoms with Crippen LogP contribution in [0.3, 0.4) is 0 Å². The summed E-state index contributed by atoms with van der Waals surface area (Å²) in [7, 11) is -0.982. The van der Waals surface area contributed by atoms with Gasteiger partial charge in [-0.15, -0.1) is 0 Å². The van der Waals surface area contributed by atoms with Crippen molar-refractivity contribution in [3.8, 4) is 5.75 Å². The lowest BCUT2D eigenvalue weighted by Crippen LogP contribution is -2.44. The van der Waals surface area contributed by atoms with Crippen LogP contribution in [0, 0.1) is 11.8 Å². The van der Waals surface area contributed by atoms with Crippen molar-refractivity contribution in [3.05, 3.63) is 30.0 Å². The number of aromatic amines is 1. The lowest BCUT2D eigenvalue weighted by atomic mass is 9.71. The van der Waals surface area contributed by atoms with Gasteiger partial charge in [0.1, 0.15) is 11.4 Å². The van der Waals surface area contributed by atoms with Crippen molar-refractivity contribution in [2.45, 2.75) is 33.1 Å². The number of fused-ring (bicyclic) bond motifs is 3. The number of rotatable bonds is 3. The first kappa shape index (κ1) is 17.2. The zero-order chi connectivity index (χ0) is 18.3. The van der Waals surface area contributed by atoms with Crippen molar-refractivity contribution in [2.75, 3.05) is 13.1 Å². The smallest absolute Gasteiger partial charge is 0.531 e. The van der Waals surface area contributed by atoms with Crippen molar-refractivity contribution in [1.29, 1.82) is 0 Å². The third-order valence-electron chi connectivity index (χ3n) is 5.58. The van der Waals surface area contributed by atoms with E-state index < -0.39 is 7.12 Å². The number of carbonyl (C=O) groups is 1. The summed E-state index contributed by atoms with van der Waals surface area (Å²) < 4.78 is 5.60. The largest absolute Gasteiger partial charge is 0.552 e. The molecule has 1 saturated heterocycles. The van der Waals surface area contributed by atoms with E-state index in [1.165, 1.54) is 0 Å². The summed E-state index contributed by atoms with van der Waals surface area (Å²) in [6.45, 7) is 5.76. The molecule has 4 heterocycles. The van der Waals surface area contributed by atoms with Gasteiger partial charge in [-0.25, -0.2) is 4.98 Å². The molecule has 136 valence electrons. The van der Waals surface area contributed by atoms with Crippen molar-refractivity contribution in [1.82, 2.24) is 14.9 Å². The molecule has 0 radical (unpaired) electrons. The average molecular weight is 353 g/mol. The summed E-state index contributed by atoms with van der Waals surface area (Å²) in [6.07, 6.45) is 5.95. The number of piperidine rings is 1. The summed E-state index contributed by atoms with van der Waals surface area (Å²) in [6, 6.07) is 1.99. The first-order chi connectivity index (χ1) is 12.6. The minimum absolute atomic E-state index is 0.169. The molecule has 2 atom stereocenters. The van der Waals surface area contributed by atoms with Crippen LogP contribution in [0.2, 0.25) is 0 Å². The molecular weight excluding hydrogens is 329 g/mol. The van der Waals surface area contributed by atoms with Crippen LogP contribution >= 0.6 is 0 Å². The van der Waals surface area contributed by atoms with E-state index >= 15 is 0 Å². The quantitative estimate of drug-likeness (QED) is 0.832. The van der Waals surface area contributed by atoms with Crippen molar-refractivity contribution >= 4 is 29.6 Å². The molecule has 1 amide bonds. The number of hydrogen-bond acceptors (Lipinski definition) is 4. The average Bonchev–Trinajstić information content (AvgIpc) is 3.10. The van der Waals surface area contributed by atoms with Crippen LogP contribution < -0.4 is 4.65 Å². The lowest BCUT2D eigenvalue weighted by molar-refractivity contribution is -0.133. The summed E-state index contributed by atoms with van der Waals surface area (Å²) in [4.78, 5) is 21.9. The highest BCUT2D eigenvalue weighted by atomic mass is 16.5. The standard InChI is InChI=1S/C19H24BN3O3/c1-3-4-17(24)23-8-6-12(2)15(11-23)14-9-20(25)26-16-10-22-19-13(18(14)16)5-7-21-19/h5,7,9-10,12,15,25H,3-4,6,8,11H2,1-2H3,(H,21,22). The monoisotopic (exact) mass is 353 g/mol. The fourth-order valence-electron chi connectivity index (χ4n) is 4.16. The Bertz CT molecular complexity index is 863. The Morgan fingerprint density at radius 1 is 1.54 bits per heavy atom. The minimum atomic E-state index is -0.982. The van der Waals surface area contributed by atoms with Crippen molar-refractivity contribution in [2.24, 2.45) is 11.8 Å². The Morgan fingerprint density at radius 3 is 3.19 bits per heavy atom. The van der Waals surface area contributed by atoms with E-state index in [-0.39, 0.29) is 11.8 Å². The highest BCUT2D eigenvalue weighted by Crippen LogP contribution is 2.43. The molecule has 4 rings (SSSR count). The molecule has 0 saturated carbocycles. The molecule has 6 nitrogen and oxygen atoms in total. The molecule has 0 aromatic carbocycles. The fraction of sp³-hybridized carbons (Fsp3) is 0.474. The van der Waals surface area contributed by atoms with Gasteiger partial charge < -0.3 is 19.6 Å². The number of amides is 1. The predicted octanol–water partition coefficient (Wildman–Crippen LogP) is 2.64. The van der Waals surface area contributed by atoms with Crippen LogP contribution in [0.5, 0.6) is 5.75 Å². The van der Waals surface area contributed by atoms with E-state index in [0.717, 1.165) is 41.6 Å². The summed E-state index contributed by atoms with van der Waals surface area (Å²) in [5, 5.41) is 11.2. The molecule has 7 heteroatoms. The van der Waals surface area contributed by atoms with Gasteiger partial charge >= 0.3 is 7.12 Å². The Hall–Kier alpha value is -2.28. The number of H-pyrrole nitrogens is 1. The second kappa shape index (κ2) is 6.80. The Balaban J connectivity index is 1.74. The van der Waals surface area contributed by atoms with Gasteiger partial charge in [0.05, 0.1) is 6.20 Å². The van der Waals surface area contributed by atoms with E-state index in [4.69, 9.17) is 4.65 Å². The van der Waals surface area contributed by atoms with Crippen molar-refractivity contribution < 1.29 is 14.5 Å². The maximum absolute atomic E-state index is 12.4. The van der Waals surface area contributed by atoms with Crippen LogP contribution in [0.25, 0.3) is 16.6 Å². The molecule has 2 aliphatic heterocycles. The van der Waals surface area contributed by atoms with Crippen LogP contribution in [0.4, 0.5) is 0 Å². The second-order valence-electron chi connectivity index (χ2n) is 7.33. The van der Waals surface area contributed by atoms with Gasteiger partial charge in [-0.05, 0) is 36.4 Å². The number of nitrogens with zero attached hydrogens (tertiary/aromatic N) is 2. The maximum atomic E-state index is 12.4. The summed E-state index contributed by atoms with van der Waals surface area (Å²) >= 11 is 0. The van der Waals surface area contributed by atoms with Gasteiger partial charge in [-0.1, -0.05) is 13.8 Å². The molecule has 2 N–H and O–H groups in total. The SMILES string of the molecule is CCCC(=O)N1CCC(C)C(C2=CB(O)Oc3cnc4[nH]ccc4c32)C1. The molecule has 2 aliphatic rings. The molecule has 2 aromatic rings. The zero-order valence-electron chi connectivity index (χ0n) is 15.2. The molecule has 0 spiro atoms. The Morgan fingerprint density at radius 2 is 2.38 bits per heavy atom. The topological polar surface area (TPSA) is 78.5 Å². The van der Waals surface area contributed by atoms with Gasteiger partial charge in [0.2, 0.25) is 5.91 Å². The fourth-order valence-corrected chi connectivity index (χ4v) is 4.16. The molecule has 1 fully saturated rings. The Labute approximate surface area is 153 Å². The number of likely N-dealkylation sites (tertiary alicyclic amines) is 1. The van der Waals surface area contributed by atoms with Gasteiger partial charge in [-0.3, -0.25) is 4.79 Å². The summed E-state index contributed by atoms with van der Waals surface area (Å²) in [5.74, 6) is 3.21. The van der Waals surface area contributed by atoms with E-state index in [1.807, 2.05) is 24.1 Å². The molecule has 0 aliphatic carbocycles. The number of nitrogens with one attached hydrogen (secondary N) is 1. The number of pyridine rings is 1. The molecule has 2 unspecified atom stereocenters. The van der Waals surface area contributed by atoms with E-state index in [9.17, 15) is 9.82 Å². The lowest BCUT2D eigenvalue weighted by Gasteiger charge is -2.40. The zero-order valence-corrected chi connectivity index (χ0v) is 15.2. The third kappa shape index (κ3) is 2.90. The van der Waals surface area contributed by atoms with Gasteiger partial charge in [0.25, 0.3) is 0 Å². The number of hydrogen-bond donors (Lipinski definition) is 2. The minimum Gasteiger partial charge on any atom is -0.531 e. The molecular formula is C19H24BN3O3. The second-order valence-corrected chi connectivity index (χ2v) is 7.33. The highest BCUT2D eigenvalue weighted by molar-refractivity contribution is 6.52. The van der Waals surface area contributed by atoms with Gasteiger partial charge in [0.15, 0.2) is 0 Å². The Kier molecular flexibility index (Phi) is 4.48. The number of aromatic nitrogens is 2. The predicted molar refractivity (Wildman–Crippen MR) is 101 cm³/mol. The molecule has 26 heavy (non-hydrogen) atoms. The van der Waals surface area contributed by atoms with E-state index in [0.29, 0.717) is 24.6 Å². The van der Waals surface area contributed by atoms with Gasteiger partial charge in [-0.2, -0.15) is 0 Å².